The molecule has 2 aromatic carbocycles. The van der Waals surface area contributed by atoms with Gasteiger partial charge >= 0.3 is 0 Å². The van der Waals surface area contributed by atoms with Crippen molar-refractivity contribution in [2.75, 3.05) is 20.8 Å². The highest BCUT2D eigenvalue weighted by atomic mass is 16.5. The van der Waals surface area contributed by atoms with Gasteiger partial charge in [0.1, 0.15) is 11.5 Å². The first kappa shape index (κ1) is 20.3. The van der Waals surface area contributed by atoms with Gasteiger partial charge in [0.25, 0.3) is 0 Å². The molecular weight excluding hydrogens is 338 g/mol. The summed E-state index contributed by atoms with van der Waals surface area (Å²) in [5.74, 6) is 1.47. The number of ether oxygens (including phenoxy) is 2. The maximum Gasteiger partial charge on any atom is 0.223 e. The predicted octanol–water partition coefficient (Wildman–Crippen LogP) is 4.71. The molecule has 0 saturated heterocycles. The summed E-state index contributed by atoms with van der Waals surface area (Å²) in [4.78, 5) is 14.6. The van der Waals surface area contributed by atoms with E-state index < -0.39 is 0 Å². The van der Waals surface area contributed by atoms with Gasteiger partial charge in [-0.2, -0.15) is 0 Å². The second-order valence-electron chi connectivity index (χ2n) is 6.22. The molecule has 4 heteroatoms. The number of allylic oxidation sites excluding steroid dienone is 1. The third kappa shape index (κ3) is 5.74. The average molecular weight is 365 g/mol. The number of carbonyl (C=O) groups excluding carboxylic acids is 1. The van der Waals surface area contributed by atoms with Crippen molar-refractivity contribution in [3.8, 4) is 11.5 Å². The van der Waals surface area contributed by atoms with Gasteiger partial charge in [-0.1, -0.05) is 43.0 Å². The minimum absolute atomic E-state index is 0.0600. The van der Waals surface area contributed by atoms with Gasteiger partial charge in [-0.15, -0.1) is 6.58 Å². The Kier molecular flexibility index (Phi) is 7.68. The van der Waals surface area contributed by atoms with Crippen LogP contribution in [0.25, 0.3) is 5.57 Å². The number of hydrogen-bond acceptors (Lipinski definition) is 3. The minimum atomic E-state index is 0.0600. The lowest BCUT2D eigenvalue weighted by atomic mass is 10.1. The Balaban J connectivity index is 2.23. The predicted molar refractivity (Wildman–Crippen MR) is 110 cm³/mol. The van der Waals surface area contributed by atoms with Crippen LogP contribution in [0.1, 0.15) is 24.0 Å². The zero-order chi connectivity index (χ0) is 19.6. The largest absolute Gasteiger partial charge is 0.497 e. The highest BCUT2D eigenvalue weighted by molar-refractivity contribution is 5.79. The number of hydrogen-bond donors (Lipinski definition) is 0. The average Bonchev–Trinajstić information content (AvgIpc) is 2.72. The SMILES string of the molecule is C=CCCC(=O)N(CC(=C)c1ccccc1)Cc1ccc(OC)cc1OC. The van der Waals surface area contributed by atoms with E-state index in [-0.39, 0.29) is 5.91 Å². The van der Waals surface area contributed by atoms with Crippen LogP contribution in [0.5, 0.6) is 11.5 Å². The number of nitrogens with zero attached hydrogens (tertiary/aromatic N) is 1. The van der Waals surface area contributed by atoms with Gasteiger partial charge in [0, 0.05) is 31.1 Å². The molecule has 0 aliphatic rings. The van der Waals surface area contributed by atoms with Crippen molar-refractivity contribution >= 4 is 11.5 Å². The van der Waals surface area contributed by atoms with Gasteiger partial charge < -0.3 is 14.4 Å². The number of carbonyl (C=O) groups is 1. The molecule has 2 aromatic rings. The molecule has 0 bridgehead atoms. The molecule has 27 heavy (non-hydrogen) atoms. The van der Waals surface area contributed by atoms with Crippen LogP contribution in [-0.4, -0.2) is 31.6 Å². The third-order valence-electron chi connectivity index (χ3n) is 4.33. The molecule has 1 amide bonds. The summed E-state index contributed by atoms with van der Waals surface area (Å²) in [6, 6.07) is 15.5. The van der Waals surface area contributed by atoms with Crippen molar-refractivity contribution in [3.05, 3.63) is 78.9 Å². The summed E-state index contributed by atoms with van der Waals surface area (Å²) in [5.41, 5.74) is 2.85. The van der Waals surface area contributed by atoms with Gasteiger partial charge in [0.05, 0.1) is 14.2 Å². The Morgan fingerprint density at radius 2 is 1.85 bits per heavy atom. The van der Waals surface area contributed by atoms with Gasteiger partial charge in [-0.3, -0.25) is 4.79 Å². The van der Waals surface area contributed by atoms with Crippen LogP contribution in [0, 0.1) is 0 Å². The number of benzene rings is 2. The van der Waals surface area contributed by atoms with Crippen molar-refractivity contribution in [3.63, 3.8) is 0 Å². The fraction of sp³-hybridized carbons (Fsp3) is 0.261. The molecule has 0 N–H and O–H groups in total. The molecule has 0 spiro atoms. The molecule has 142 valence electrons. The maximum atomic E-state index is 12.8. The number of rotatable bonds is 10. The monoisotopic (exact) mass is 365 g/mol. The molecular formula is C23H27NO3. The first-order valence-corrected chi connectivity index (χ1v) is 8.91. The van der Waals surface area contributed by atoms with Crippen molar-refractivity contribution in [1.29, 1.82) is 0 Å². The quantitative estimate of drug-likeness (QED) is 0.572. The fourth-order valence-electron chi connectivity index (χ4n) is 2.80. The highest BCUT2D eigenvalue weighted by Gasteiger charge is 2.17. The van der Waals surface area contributed by atoms with Gasteiger partial charge in [0.2, 0.25) is 5.91 Å². The van der Waals surface area contributed by atoms with Gasteiger partial charge in [-0.25, -0.2) is 0 Å². The smallest absolute Gasteiger partial charge is 0.223 e. The van der Waals surface area contributed by atoms with Crippen molar-refractivity contribution < 1.29 is 14.3 Å². The van der Waals surface area contributed by atoms with Crippen LogP contribution in [0.4, 0.5) is 0 Å². The fourth-order valence-corrected chi connectivity index (χ4v) is 2.80. The summed E-state index contributed by atoms with van der Waals surface area (Å²) in [5, 5.41) is 0. The molecule has 0 unspecified atom stereocenters. The van der Waals surface area contributed by atoms with E-state index in [1.165, 1.54) is 0 Å². The normalized spacial score (nSPS) is 10.1. The van der Waals surface area contributed by atoms with Crippen molar-refractivity contribution in [1.82, 2.24) is 4.90 Å². The summed E-state index contributed by atoms with van der Waals surface area (Å²) < 4.78 is 10.7. The van der Waals surface area contributed by atoms with Gasteiger partial charge in [0.15, 0.2) is 0 Å². The lowest BCUT2D eigenvalue weighted by Crippen LogP contribution is -2.32. The molecule has 0 atom stereocenters. The highest BCUT2D eigenvalue weighted by Crippen LogP contribution is 2.27. The lowest BCUT2D eigenvalue weighted by Gasteiger charge is -2.25. The van der Waals surface area contributed by atoms with Crippen LogP contribution in [-0.2, 0) is 11.3 Å². The van der Waals surface area contributed by atoms with Crippen molar-refractivity contribution in [2.45, 2.75) is 19.4 Å². The zero-order valence-corrected chi connectivity index (χ0v) is 16.1. The van der Waals surface area contributed by atoms with E-state index in [4.69, 9.17) is 9.47 Å². The van der Waals surface area contributed by atoms with Crippen LogP contribution >= 0.6 is 0 Å². The minimum Gasteiger partial charge on any atom is -0.497 e. The molecule has 0 aromatic heterocycles. The Bertz CT molecular complexity index is 783. The molecule has 0 saturated carbocycles. The molecule has 0 fully saturated rings. The second-order valence-corrected chi connectivity index (χ2v) is 6.22. The standard InChI is InChI=1S/C23H27NO3/c1-5-6-12-23(25)24(16-18(2)19-10-8-7-9-11-19)17-20-13-14-21(26-3)15-22(20)27-4/h5,7-11,13-15H,1-2,6,12,16-17H2,3-4H3. The Morgan fingerprint density at radius 1 is 1.11 bits per heavy atom. The zero-order valence-electron chi connectivity index (χ0n) is 16.1. The van der Waals surface area contributed by atoms with E-state index >= 15 is 0 Å². The van der Waals surface area contributed by atoms with E-state index in [2.05, 4.69) is 13.2 Å². The number of methoxy groups -OCH3 is 2. The summed E-state index contributed by atoms with van der Waals surface area (Å²) in [6.45, 7) is 8.78. The summed E-state index contributed by atoms with van der Waals surface area (Å²) in [7, 11) is 3.23. The second kappa shape index (κ2) is 10.2. The summed E-state index contributed by atoms with van der Waals surface area (Å²) in [6.07, 6.45) is 2.83. The van der Waals surface area contributed by atoms with Crippen molar-refractivity contribution in [2.24, 2.45) is 0 Å². The van der Waals surface area contributed by atoms with Gasteiger partial charge in [-0.05, 0) is 29.7 Å². The van der Waals surface area contributed by atoms with Crippen LogP contribution < -0.4 is 9.47 Å². The van der Waals surface area contributed by atoms with Crippen LogP contribution in [0.2, 0.25) is 0 Å². The van der Waals surface area contributed by atoms with E-state index in [0.29, 0.717) is 37.4 Å². The topological polar surface area (TPSA) is 38.8 Å². The molecule has 0 heterocycles. The first-order valence-electron chi connectivity index (χ1n) is 8.91. The molecule has 4 nitrogen and oxygen atoms in total. The Hall–Kier alpha value is -3.01. The van der Waals surface area contributed by atoms with Crippen LogP contribution in [0.3, 0.4) is 0 Å². The van der Waals surface area contributed by atoms with Crippen LogP contribution in [0.15, 0.2) is 67.8 Å². The Labute approximate surface area is 161 Å². The molecule has 0 radical (unpaired) electrons. The Morgan fingerprint density at radius 3 is 2.48 bits per heavy atom. The third-order valence-corrected chi connectivity index (χ3v) is 4.33. The van der Waals surface area contributed by atoms with E-state index in [1.807, 2.05) is 53.4 Å². The van der Waals surface area contributed by atoms with E-state index in [0.717, 1.165) is 16.7 Å². The maximum absolute atomic E-state index is 12.8. The molecule has 0 aliphatic heterocycles. The first-order chi connectivity index (χ1) is 13.1. The van der Waals surface area contributed by atoms with E-state index in [9.17, 15) is 4.79 Å². The molecule has 0 aliphatic carbocycles. The lowest BCUT2D eigenvalue weighted by molar-refractivity contribution is -0.131. The van der Waals surface area contributed by atoms with E-state index in [1.54, 1.807) is 20.3 Å². The number of amides is 1. The summed E-state index contributed by atoms with van der Waals surface area (Å²) >= 11 is 0. The molecule has 2 rings (SSSR count).